The van der Waals surface area contributed by atoms with Gasteiger partial charge in [0.05, 0.1) is 29.6 Å². The van der Waals surface area contributed by atoms with Crippen LogP contribution in [0.3, 0.4) is 0 Å². The summed E-state index contributed by atoms with van der Waals surface area (Å²) in [5.41, 5.74) is 7.20. The molecule has 4 N–H and O–H groups in total. The van der Waals surface area contributed by atoms with E-state index in [-0.39, 0.29) is 55.4 Å². The molecule has 2 aromatic carbocycles. The lowest BCUT2D eigenvalue weighted by Gasteiger charge is -2.38. The van der Waals surface area contributed by atoms with Crippen LogP contribution in [-0.2, 0) is 17.8 Å². The second-order valence-corrected chi connectivity index (χ2v) is 9.71. The van der Waals surface area contributed by atoms with Gasteiger partial charge < -0.3 is 21.1 Å². The Labute approximate surface area is 223 Å². The summed E-state index contributed by atoms with van der Waals surface area (Å²) < 4.78 is 16.0. The van der Waals surface area contributed by atoms with E-state index in [0.29, 0.717) is 23.4 Å². The van der Waals surface area contributed by atoms with Crippen LogP contribution in [0.4, 0.5) is 4.39 Å². The van der Waals surface area contributed by atoms with Crippen LogP contribution >= 0.6 is 0 Å². The lowest BCUT2D eigenvalue weighted by Crippen LogP contribution is -2.50. The number of carbonyl (C=O) groups excluding carboxylic acids is 1. The number of aromatic nitrogens is 4. The van der Waals surface area contributed by atoms with E-state index in [1.807, 2.05) is 30.3 Å². The quantitative estimate of drug-likeness (QED) is 0.247. The van der Waals surface area contributed by atoms with Crippen LogP contribution in [-0.4, -0.2) is 60.0 Å². The normalized spacial score (nSPS) is 15.7. The molecule has 1 amide bonds. The molecule has 1 fully saturated rings. The molecule has 0 radical (unpaired) electrons. The zero-order chi connectivity index (χ0) is 27.6. The first-order valence-electron chi connectivity index (χ1n) is 12.5. The van der Waals surface area contributed by atoms with Gasteiger partial charge in [-0.05, 0) is 42.7 Å². The Balaban J connectivity index is 1.28. The van der Waals surface area contributed by atoms with Crippen molar-refractivity contribution in [2.24, 2.45) is 5.73 Å². The van der Waals surface area contributed by atoms with E-state index < -0.39 is 11.2 Å². The number of nitrogens with two attached hydrogens (primary N) is 1. The van der Waals surface area contributed by atoms with E-state index in [2.05, 4.69) is 10.1 Å². The van der Waals surface area contributed by atoms with Crippen molar-refractivity contribution in [3.05, 3.63) is 100 Å². The van der Waals surface area contributed by atoms with Crippen molar-refractivity contribution < 1.29 is 14.3 Å². The number of rotatable bonds is 7. The number of hydrogen-bond acceptors (Lipinski definition) is 7. The van der Waals surface area contributed by atoms with Gasteiger partial charge in [-0.25, -0.2) is 13.9 Å². The minimum Gasteiger partial charge on any atom is -0.401 e. The molecule has 200 valence electrons. The minimum atomic E-state index is -1.24. The van der Waals surface area contributed by atoms with E-state index in [0.717, 1.165) is 11.8 Å². The van der Waals surface area contributed by atoms with E-state index in [1.165, 1.54) is 33.7 Å². The zero-order valence-electron chi connectivity index (χ0n) is 21.1. The fraction of sp³-hybridized carbons (Fsp3) is 0.250. The molecular formula is C28H28FN7O3. The Hall–Kier alpha value is -4.64. The van der Waals surface area contributed by atoms with Crippen molar-refractivity contribution in [3.8, 4) is 11.3 Å². The predicted octanol–water partition coefficient (Wildman–Crippen LogP) is 2.16. The van der Waals surface area contributed by atoms with Crippen LogP contribution in [0.15, 0.2) is 83.2 Å². The topological polar surface area (TPSA) is 143 Å². The van der Waals surface area contributed by atoms with Gasteiger partial charge in [0.15, 0.2) is 0 Å². The van der Waals surface area contributed by atoms with Crippen LogP contribution in [0.1, 0.15) is 18.4 Å². The molecule has 0 saturated carbocycles. The van der Waals surface area contributed by atoms with E-state index in [4.69, 9.17) is 11.1 Å². The van der Waals surface area contributed by atoms with Crippen LogP contribution < -0.4 is 11.3 Å². The number of benzene rings is 2. The summed E-state index contributed by atoms with van der Waals surface area (Å²) in [5.74, 6) is -0.726. The number of aliphatic hydroxyl groups is 1. The van der Waals surface area contributed by atoms with Crippen LogP contribution in [0, 0.1) is 11.2 Å². The number of nitrogens with zero attached hydrogens (tertiary/aromatic N) is 5. The second kappa shape index (κ2) is 10.6. The molecule has 1 aliphatic heterocycles. The third-order valence-corrected chi connectivity index (χ3v) is 7.04. The highest BCUT2D eigenvalue weighted by Crippen LogP contribution is 2.25. The molecule has 0 atom stereocenters. The molecule has 4 aromatic rings. The third-order valence-electron chi connectivity index (χ3n) is 7.04. The van der Waals surface area contributed by atoms with Gasteiger partial charge in [0.2, 0.25) is 5.65 Å². The summed E-state index contributed by atoms with van der Waals surface area (Å²) in [6.07, 6.45) is 4.64. The van der Waals surface area contributed by atoms with Crippen LogP contribution in [0.2, 0.25) is 0 Å². The van der Waals surface area contributed by atoms with Gasteiger partial charge in [-0.15, -0.1) is 0 Å². The molecule has 0 bridgehead atoms. The lowest BCUT2D eigenvalue weighted by atomic mass is 9.90. The molecule has 1 aliphatic rings. The molecule has 0 spiro atoms. The number of likely N-dealkylation sites (tertiary alicyclic amines) is 1. The van der Waals surface area contributed by atoms with Crippen molar-refractivity contribution in [1.29, 1.82) is 5.41 Å². The second-order valence-electron chi connectivity index (χ2n) is 9.71. The summed E-state index contributed by atoms with van der Waals surface area (Å²) in [7, 11) is 0. The first-order chi connectivity index (χ1) is 18.8. The first kappa shape index (κ1) is 26.0. The van der Waals surface area contributed by atoms with Crippen molar-refractivity contribution in [3.63, 3.8) is 0 Å². The van der Waals surface area contributed by atoms with Gasteiger partial charge in [0.25, 0.3) is 11.5 Å². The number of hydrogen-bond donors (Lipinski definition) is 3. The van der Waals surface area contributed by atoms with Crippen molar-refractivity contribution in [1.82, 2.24) is 24.1 Å². The molecule has 5 rings (SSSR count). The van der Waals surface area contributed by atoms with Gasteiger partial charge in [-0.2, -0.15) is 5.10 Å². The maximum absolute atomic E-state index is 13.3. The average Bonchev–Trinajstić information content (AvgIpc) is 3.37. The fourth-order valence-corrected chi connectivity index (χ4v) is 4.81. The van der Waals surface area contributed by atoms with Crippen LogP contribution in [0.5, 0.6) is 0 Å². The molecular weight excluding hydrogens is 501 g/mol. The molecule has 0 unspecified atom stereocenters. The highest BCUT2D eigenvalue weighted by molar-refractivity contribution is 6.12. The fourth-order valence-electron chi connectivity index (χ4n) is 4.81. The highest BCUT2D eigenvalue weighted by atomic mass is 19.1. The minimum absolute atomic E-state index is 0.0144. The molecule has 0 aliphatic carbocycles. The number of imidazole rings is 1. The summed E-state index contributed by atoms with van der Waals surface area (Å²) in [6.45, 7) is 0.473. The van der Waals surface area contributed by atoms with Crippen molar-refractivity contribution in [2.45, 2.75) is 31.4 Å². The smallest absolute Gasteiger partial charge is 0.296 e. The number of amides is 1. The standard InChI is InChI=1S/C28H28FN7O3/c29-21-8-6-20(7-9-21)24-16-32-25-27(38)35(18-33-36(24)25)17-28(39)10-12-34(13-11-28)26(37)22(15-30)23(31)14-19-4-2-1-3-5-19/h1-9,15-16,18,30,39H,10-14,17,31H2/b23-22+,30-15?. The molecule has 2 aromatic heterocycles. The maximum atomic E-state index is 13.3. The van der Waals surface area contributed by atoms with Gasteiger partial charge in [0, 0.05) is 37.0 Å². The number of piperidine rings is 1. The maximum Gasteiger partial charge on any atom is 0.296 e. The monoisotopic (exact) mass is 529 g/mol. The number of carbonyl (C=O) groups is 1. The van der Waals surface area contributed by atoms with Gasteiger partial charge in [-0.1, -0.05) is 30.3 Å². The number of allylic oxidation sites excluding steroid dienone is 1. The van der Waals surface area contributed by atoms with Crippen molar-refractivity contribution in [2.75, 3.05) is 13.1 Å². The average molecular weight is 530 g/mol. The number of halogens is 1. The Bertz CT molecular complexity index is 1600. The molecule has 11 heteroatoms. The molecule has 10 nitrogen and oxygen atoms in total. The molecule has 39 heavy (non-hydrogen) atoms. The molecule has 3 heterocycles. The Morgan fingerprint density at radius 1 is 1.13 bits per heavy atom. The highest BCUT2D eigenvalue weighted by Gasteiger charge is 2.35. The largest absolute Gasteiger partial charge is 0.401 e. The van der Waals surface area contributed by atoms with Gasteiger partial charge in [0.1, 0.15) is 12.1 Å². The molecule has 1 saturated heterocycles. The Kier molecular flexibility index (Phi) is 7.07. The van der Waals surface area contributed by atoms with E-state index in [1.54, 1.807) is 17.0 Å². The first-order valence-corrected chi connectivity index (χ1v) is 12.5. The number of fused-ring (bicyclic) bond motifs is 1. The lowest BCUT2D eigenvalue weighted by molar-refractivity contribution is -0.131. The summed E-state index contributed by atoms with van der Waals surface area (Å²) in [4.78, 5) is 32.0. The Morgan fingerprint density at radius 3 is 2.49 bits per heavy atom. The third kappa shape index (κ3) is 5.34. The van der Waals surface area contributed by atoms with E-state index >= 15 is 0 Å². The summed E-state index contributed by atoms with van der Waals surface area (Å²) >= 11 is 0. The van der Waals surface area contributed by atoms with E-state index in [9.17, 15) is 19.1 Å². The predicted molar refractivity (Wildman–Crippen MR) is 144 cm³/mol. The zero-order valence-corrected chi connectivity index (χ0v) is 21.1. The SMILES string of the molecule is N=C/C(C(=O)N1CCC(O)(Cn2cnn3c(-c4ccc(F)cc4)cnc3c2=O)CC1)=C(\N)Cc1ccccc1. The van der Waals surface area contributed by atoms with Gasteiger partial charge in [-0.3, -0.25) is 14.2 Å². The summed E-state index contributed by atoms with van der Waals surface area (Å²) in [6, 6.07) is 15.3. The summed E-state index contributed by atoms with van der Waals surface area (Å²) in [5, 5.41) is 23.3. The van der Waals surface area contributed by atoms with Crippen molar-refractivity contribution >= 4 is 17.8 Å². The Morgan fingerprint density at radius 2 is 1.82 bits per heavy atom. The van der Waals surface area contributed by atoms with Gasteiger partial charge >= 0.3 is 0 Å². The number of nitrogens with one attached hydrogen (secondary N) is 1. The van der Waals surface area contributed by atoms with Crippen LogP contribution in [0.25, 0.3) is 16.9 Å².